The first kappa shape index (κ1) is 13.1. The van der Waals surface area contributed by atoms with Crippen LogP contribution in [0.5, 0.6) is 0 Å². The molecule has 20 heavy (non-hydrogen) atoms. The fraction of sp³-hybridized carbons (Fsp3) is 0.294. The quantitative estimate of drug-likeness (QED) is 0.826. The third kappa shape index (κ3) is 2.68. The van der Waals surface area contributed by atoms with Crippen molar-refractivity contribution in [2.75, 3.05) is 38.1 Å². The summed E-state index contributed by atoms with van der Waals surface area (Å²) in [4.78, 5) is 4.40. The van der Waals surface area contributed by atoms with Crippen LogP contribution in [0.4, 0.5) is 10.1 Å². The highest BCUT2D eigenvalue weighted by Gasteiger charge is 2.17. The van der Waals surface area contributed by atoms with E-state index in [9.17, 15) is 4.39 Å². The molecule has 1 saturated heterocycles. The van der Waals surface area contributed by atoms with Gasteiger partial charge < -0.3 is 9.80 Å². The monoisotopic (exact) mass is 270 g/mol. The van der Waals surface area contributed by atoms with Crippen LogP contribution in [0.15, 0.2) is 48.5 Å². The van der Waals surface area contributed by atoms with Crippen molar-refractivity contribution in [1.29, 1.82) is 0 Å². The van der Waals surface area contributed by atoms with Crippen LogP contribution in [-0.2, 0) is 0 Å². The van der Waals surface area contributed by atoms with Crippen LogP contribution in [0.3, 0.4) is 0 Å². The van der Waals surface area contributed by atoms with Crippen LogP contribution in [0.2, 0.25) is 0 Å². The van der Waals surface area contributed by atoms with Crippen molar-refractivity contribution in [2.45, 2.75) is 0 Å². The Balaban J connectivity index is 1.85. The van der Waals surface area contributed by atoms with Gasteiger partial charge in [0.25, 0.3) is 0 Å². The molecule has 2 aromatic rings. The Morgan fingerprint density at radius 3 is 2.20 bits per heavy atom. The summed E-state index contributed by atoms with van der Waals surface area (Å²) < 4.78 is 14.4. The number of hydrogen-bond acceptors (Lipinski definition) is 2. The van der Waals surface area contributed by atoms with Crippen molar-refractivity contribution < 1.29 is 4.39 Å². The Morgan fingerprint density at radius 2 is 1.55 bits per heavy atom. The molecule has 2 aromatic carbocycles. The maximum absolute atomic E-state index is 14.4. The van der Waals surface area contributed by atoms with Crippen LogP contribution >= 0.6 is 0 Å². The molecule has 3 heteroatoms. The number of hydrogen-bond donors (Lipinski definition) is 0. The lowest BCUT2D eigenvalue weighted by Gasteiger charge is -2.34. The number of halogens is 1. The number of rotatable bonds is 2. The van der Waals surface area contributed by atoms with E-state index < -0.39 is 0 Å². The van der Waals surface area contributed by atoms with Crippen molar-refractivity contribution >= 4 is 5.69 Å². The van der Waals surface area contributed by atoms with Gasteiger partial charge in [0.2, 0.25) is 0 Å². The maximum atomic E-state index is 14.4. The Kier molecular flexibility index (Phi) is 3.70. The van der Waals surface area contributed by atoms with E-state index in [-0.39, 0.29) is 5.82 Å². The molecule has 0 aromatic heterocycles. The van der Waals surface area contributed by atoms with E-state index in [0.717, 1.165) is 43.0 Å². The molecule has 0 radical (unpaired) electrons. The molecule has 0 atom stereocenters. The third-order valence-corrected chi connectivity index (χ3v) is 3.90. The fourth-order valence-corrected chi connectivity index (χ4v) is 2.62. The topological polar surface area (TPSA) is 6.48 Å². The summed E-state index contributed by atoms with van der Waals surface area (Å²) in [7, 11) is 2.10. The van der Waals surface area contributed by atoms with E-state index in [1.807, 2.05) is 42.5 Å². The predicted molar refractivity (Wildman–Crippen MR) is 81.5 cm³/mol. The highest BCUT2D eigenvalue weighted by atomic mass is 19.1. The Hall–Kier alpha value is -1.87. The highest BCUT2D eigenvalue weighted by molar-refractivity contribution is 5.66. The number of piperazine rings is 1. The van der Waals surface area contributed by atoms with Gasteiger partial charge in [-0.25, -0.2) is 4.39 Å². The van der Waals surface area contributed by atoms with Crippen LogP contribution in [0.25, 0.3) is 11.1 Å². The van der Waals surface area contributed by atoms with Crippen LogP contribution in [-0.4, -0.2) is 38.1 Å². The van der Waals surface area contributed by atoms with Crippen molar-refractivity contribution in [3.8, 4) is 11.1 Å². The van der Waals surface area contributed by atoms with Gasteiger partial charge in [0, 0.05) is 26.2 Å². The second kappa shape index (κ2) is 5.63. The average Bonchev–Trinajstić information content (AvgIpc) is 2.49. The molecule has 1 aliphatic heterocycles. The minimum Gasteiger partial charge on any atom is -0.367 e. The molecule has 0 amide bonds. The van der Waals surface area contributed by atoms with Gasteiger partial charge in [-0.2, -0.15) is 0 Å². The molecule has 1 heterocycles. The fourth-order valence-electron chi connectivity index (χ4n) is 2.62. The summed E-state index contributed by atoms with van der Waals surface area (Å²) in [5.74, 6) is -0.129. The lowest BCUT2D eigenvalue weighted by Crippen LogP contribution is -2.44. The summed E-state index contributed by atoms with van der Waals surface area (Å²) in [6.45, 7) is 3.75. The van der Waals surface area contributed by atoms with E-state index >= 15 is 0 Å². The van der Waals surface area contributed by atoms with Crippen LogP contribution in [0, 0.1) is 5.82 Å². The standard InChI is InChI=1S/C17H19FN2/c1-19-9-11-20(12-10-19)17-8-7-15(13-16(17)18)14-5-3-2-4-6-14/h2-8,13H,9-12H2,1H3. The van der Waals surface area contributed by atoms with E-state index in [2.05, 4.69) is 16.8 Å². The maximum Gasteiger partial charge on any atom is 0.147 e. The zero-order valence-electron chi connectivity index (χ0n) is 11.7. The van der Waals surface area contributed by atoms with Crippen LogP contribution < -0.4 is 4.90 Å². The molecular formula is C17H19FN2. The predicted octanol–water partition coefficient (Wildman–Crippen LogP) is 3.24. The summed E-state index contributed by atoms with van der Waals surface area (Å²) >= 11 is 0. The first-order chi connectivity index (χ1) is 9.74. The highest BCUT2D eigenvalue weighted by Crippen LogP contribution is 2.27. The molecule has 0 bridgehead atoms. The summed E-state index contributed by atoms with van der Waals surface area (Å²) in [5, 5.41) is 0. The average molecular weight is 270 g/mol. The summed E-state index contributed by atoms with van der Waals surface area (Å²) in [6, 6.07) is 15.5. The van der Waals surface area contributed by atoms with Gasteiger partial charge in [-0.15, -0.1) is 0 Å². The smallest absolute Gasteiger partial charge is 0.147 e. The molecule has 0 N–H and O–H groups in total. The zero-order valence-corrected chi connectivity index (χ0v) is 11.7. The first-order valence-electron chi connectivity index (χ1n) is 7.02. The van der Waals surface area contributed by atoms with Gasteiger partial charge in [-0.05, 0) is 30.3 Å². The van der Waals surface area contributed by atoms with E-state index in [4.69, 9.17) is 0 Å². The minimum atomic E-state index is -0.129. The van der Waals surface area contributed by atoms with Crippen molar-refractivity contribution in [3.05, 3.63) is 54.3 Å². The molecule has 0 saturated carbocycles. The first-order valence-corrected chi connectivity index (χ1v) is 7.02. The molecule has 1 aliphatic rings. The molecule has 1 fully saturated rings. The molecule has 2 nitrogen and oxygen atoms in total. The van der Waals surface area contributed by atoms with Gasteiger partial charge in [0.15, 0.2) is 0 Å². The molecule has 0 aliphatic carbocycles. The second-order valence-corrected chi connectivity index (χ2v) is 5.32. The Bertz CT molecular complexity index is 575. The SMILES string of the molecule is CN1CCN(c2ccc(-c3ccccc3)cc2F)CC1. The molecular weight excluding hydrogens is 251 g/mol. The summed E-state index contributed by atoms with van der Waals surface area (Å²) in [5.41, 5.74) is 2.70. The molecule has 104 valence electrons. The molecule has 0 spiro atoms. The van der Waals surface area contributed by atoms with Gasteiger partial charge in [-0.1, -0.05) is 36.4 Å². The van der Waals surface area contributed by atoms with Gasteiger partial charge >= 0.3 is 0 Å². The van der Waals surface area contributed by atoms with Crippen molar-refractivity contribution in [2.24, 2.45) is 0 Å². The van der Waals surface area contributed by atoms with E-state index in [0.29, 0.717) is 0 Å². The third-order valence-electron chi connectivity index (χ3n) is 3.90. The van der Waals surface area contributed by atoms with E-state index in [1.54, 1.807) is 6.07 Å². The van der Waals surface area contributed by atoms with Gasteiger partial charge in [0.05, 0.1) is 5.69 Å². The van der Waals surface area contributed by atoms with E-state index in [1.165, 1.54) is 0 Å². The zero-order chi connectivity index (χ0) is 13.9. The largest absolute Gasteiger partial charge is 0.367 e. The van der Waals surface area contributed by atoms with Crippen LogP contribution in [0.1, 0.15) is 0 Å². The number of likely N-dealkylation sites (N-methyl/N-ethyl adjacent to an activating group) is 1. The van der Waals surface area contributed by atoms with Gasteiger partial charge in [0.1, 0.15) is 5.82 Å². The Labute approximate surface area is 119 Å². The number of anilines is 1. The van der Waals surface area contributed by atoms with Gasteiger partial charge in [-0.3, -0.25) is 0 Å². The van der Waals surface area contributed by atoms with Crippen molar-refractivity contribution in [3.63, 3.8) is 0 Å². The lowest BCUT2D eigenvalue weighted by molar-refractivity contribution is 0.311. The molecule has 3 rings (SSSR count). The molecule has 0 unspecified atom stereocenters. The normalized spacial score (nSPS) is 16.4. The lowest BCUT2D eigenvalue weighted by atomic mass is 10.0. The number of nitrogens with zero attached hydrogens (tertiary/aromatic N) is 2. The second-order valence-electron chi connectivity index (χ2n) is 5.32. The van der Waals surface area contributed by atoms with Crippen molar-refractivity contribution in [1.82, 2.24) is 4.90 Å². The number of benzene rings is 2. The summed E-state index contributed by atoms with van der Waals surface area (Å²) in [6.07, 6.45) is 0. The Morgan fingerprint density at radius 1 is 0.850 bits per heavy atom. The minimum absolute atomic E-state index is 0.129.